The summed E-state index contributed by atoms with van der Waals surface area (Å²) in [6.07, 6.45) is 0.967. The zero-order chi connectivity index (χ0) is 15.2. The number of benzene rings is 2. The summed E-state index contributed by atoms with van der Waals surface area (Å²) in [5, 5.41) is 6.31. The fourth-order valence-corrected chi connectivity index (χ4v) is 2.61. The van der Waals surface area contributed by atoms with Crippen molar-refractivity contribution in [2.24, 2.45) is 0 Å². The molecule has 2 N–H and O–H groups in total. The van der Waals surface area contributed by atoms with Crippen molar-refractivity contribution < 1.29 is 4.79 Å². The first-order valence-electron chi connectivity index (χ1n) is 6.98. The van der Waals surface area contributed by atoms with Gasteiger partial charge in [0.25, 0.3) is 0 Å². The molecule has 0 fully saturated rings. The minimum Gasteiger partial charge on any atom is -0.381 e. The van der Waals surface area contributed by atoms with Crippen LogP contribution in [0.3, 0.4) is 0 Å². The summed E-state index contributed by atoms with van der Waals surface area (Å²) in [4.78, 5) is 11.2. The van der Waals surface area contributed by atoms with E-state index in [0.29, 0.717) is 6.54 Å². The lowest BCUT2D eigenvalue weighted by Gasteiger charge is -2.14. The maximum absolute atomic E-state index is 11.2. The molecule has 0 aliphatic carbocycles. The molecule has 2 aromatic rings. The van der Waals surface area contributed by atoms with Gasteiger partial charge in [0, 0.05) is 29.3 Å². The Bertz CT molecular complexity index is 640. The molecule has 0 heterocycles. The van der Waals surface area contributed by atoms with Crippen LogP contribution in [0.1, 0.15) is 25.0 Å². The van der Waals surface area contributed by atoms with Crippen LogP contribution in [0.5, 0.6) is 0 Å². The van der Waals surface area contributed by atoms with Crippen LogP contribution in [0.25, 0.3) is 0 Å². The molecule has 0 aliphatic heterocycles. The third kappa shape index (κ3) is 4.33. The number of carbonyl (C=O) groups excluding carboxylic acids is 1. The summed E-state index contributed by atoms with van der Waals surface area (Å²) in [6.45, 7) is 4.33. The molecule has 2 rings (SSSR count). The molecule has 0 aliphatic rings. The van der Waals surface area contributed by atoms with Gasteiger partial charge in [-0.3, -0.25) is 4.79 Å². The molecule has 0 unspecified atom stereocenters. The van der Waals surface area contributed by atoms with Gasteiger partial charge < -0.3 is 10.6 Å². The summed E-state index contributed by atoms with van der Waals surface area (Å²) in [6, 6.07) is 14.1. The SMILES string of the molecule is CCc1cc(Br)ccc1NCc1ccccc1NC(C)=O. The van der Waals surface area contributed by atoms with Gasteiger partial charge >= 0.3 is 0 Å². The summed E-state index contributed by atoms with van der Waals surface area (Å²) < 4.78 is 1.09. The second-order valence-corrected chi connectivity index (χ2v) is 5.76. The first kappa shape index (κ1) is 15.6. The molecule has 0 saturated carbocycles. The van der Waals surface area contributed by atoms with Crippen molar-refractivity contribution in [1.82, 2.24) is 0 Å². The molecular weight excluding hydrogens is 328 g/mol. The van der Waals surface area contributed by atoms with Gasteiger partial charge in [0.2, 0.25) is 5.91 Å². The molecule has 21 heavy (non-hydrogen) atoms. The normalized spacial score (nSPS) is 10.2. The maximum Gasteiger partial charge on any atom is 0.221 e. The lowest BCUT2D eigenvalue weighted by atomic mass is 10.1. The Morgan fingerprint density at radius 1 is 1.10 bits per heavy atom. The van der Waals surface area contributed by atoms with E-state index in [0.717, 1.165) is 27.8 Å². The van der Waals surface area contributed by atoms with Crippen molar-refractivity contribution in [3.05, 3.63) is 58.1 Å². The Hall–Kier alpha value is -1.81. The summed E-state index contributed by atoms with van der Waals surface area (Å²) in [7, 11) is 0. The van der Waals surface area contributed by atoms with Gasteiger partial charge in [-0.1, -0.05) is 41.1 Å². The van der Waals surface area contributed by atoms with Gasteiger partial charge in [-0.05, 0) is 41.8 Å². The standard InChI is InChI=1S/C17H19BrN2O/c1-3-13-10-15(18)8-9-16(13)19-11-14-6-4-5-7-17(14)20-12(2)21/h4-10,19H,3,11H2,1-2H3,(H,20,21). The van der Waals surface area contributed by atoms with Gasteiger partial charge in [0.1, 0.15) is 0 Å². The number of nitrogens with one attached hydrogen (secondary N) is 2. The monoisotopic (exact) mass is 346 g/mol. The number of hydrogen-bond acceptors (Lipinski definition) is 2. The first-order valence-corrected chi connectivity index (χ1v) is 7.77. The van der Waals surface area contributed by atoms with E-state index < -0.39 is 0 Å². The van der Waals surface area contributed by atoms with E-state index in [2.05, 4.69) is 45.6 Å². The summed E-state index contributed by atoms with van der Waals surface area (Å²) in [5.41, 5.74) is 4.31. The van der Waals surface area contributed by atoms with E-state index >= 15 is 0 Å². The average molecular weight is 347 g/mol. The molecule has 0 bridgehead atoms. The Kier molecular flexibility index (Phi) is 5.39. The Morgan fingerprint density at radius 2 is 1.86 bits per heavy atom. The van der Waals surface area contributed by atoms with Crippen LogP contribution in [-0.4, -0.2) is 5.91 Å². The number of halogens is 1. The quantitative estimate of drug-likeness (QED) is 0.831. The van der Waals surface area contributed by atoms with Crippen LogP contribution >= 0.6 is 15.9 Å². The van der Waals surface area contributed by atoms with Crippen molar-refractivity contribution in [1.29, 1.82) is 0 Å². The number of carbonyl (C=O) groups is 1. The number of rotatable bonds is 5. The first-order chi connectivity index (χ1) is 10.1. The fraction of sp³-hybridized carbons (Fsp3) is 0.235. The van der Waals surface area contributed by atoms with Gasteiger partial charge in [0.05, 0.1) is 0 Å². The van der Waals surface area contributed by atoms with E-state index in [4.69, 9.17) is 0 Å². The van der Waals surface area contributed by atoms with Crippen molar-refractivity contribution in [3.63, 3.8) is 0 Å². The minimum absolute atomic E-state index is 0.0552. The second kappa shape index (κ2) is 7.27. The molecule has 0 spiro atoms. The third-order valence-corrected chi connectivity index (χ3v) is 3.74. The molecule has 2 aromatic carbocycles. The highest BCUT2D eigenvalue weighted by Crippen LogP contribution is 2.23. The number of para-hydroxylation sites is 1. The number of amides is 1. The van der Waals surface area contributed by atoms with Crippen molar-refractivity contribution in [3.8, 4) is 0 Å². The van der Waals surface area contributed by atoms with Crippen molar-refractivity contribution >= 4 is 33.2 Å². The van der Waals surface area contributed by atoms with Crippen molar-refractivity contribution in [2.45, 2.75) is 26.8 Å². The van der Waals surface area contributed by atoms with Gasteiger partial charge in [-0.25, -0.2) is 0 Å². The fourth-order valence-electron chi connectivity index (χ4n) is 2.20. The van der Waals surface area contributed by atoms with Crippen LogP contribution in [0, 0.1) is 0 Å². The largest absolute Gasteiger partial charge is 0.381 e. The Morgan fingerprint density at radius 3 is 2.57 bits per heavy atom. The van der Waals surface area contributed by atoms with Crippen LogP contribution in [-0.2, 0) is 17.8 Å². The lowest BCUT2D eigenvalue weighted by molar-refractivity contribution is -0.114. The van der Waals surface area contributed by atoms with E-state index in [1.807, 2.05) is 30.3 Å². The summed E-state index contributed by atoms with van der Waals surface area (Å²) in [5.74, 6) is -0.0552. The van der Waals surface area contributed by atoms with E-state index in [1.165, 1.54) is 12.5 Å². The predicted octanol–water partition coefficient (Wildman–Crippen LogP) is 4.58. The molecule has 0 radical (unpaired) electrons. The molecule has 1 amide bonds. The lowest BCUT2D eigenvalue weighted by Crippen LogP contribution is -2.10. The highest BCUT2D eigenvalue weighted by molar-refractivity contribution is 9.10. The van der Waals surface area contributed by atoms with E-state index in [9.17, 15) is 4.79 Å². The van der Waals surface area contributed by atoms with Crippen LogP contribution in [0.2, 0.25) is 0 Å². The van der Waals surface area contributed by atoms with Gasteiger partial charge in [-0.15, -0.1) is 0 Å². The molecule has 0 aromatic heterocycles. The molecule has 4 heteroatoms. The number of hydrogen-bond donors (Lipinski definition) is 2. The third-order valence-electron chi connectivity index (χ3n) is 3.25. The van der Waals surface area contributed by atoms with Crippen LogP contribution < -0.4 is 10.6 Å². The number of anilines is 2. The summed E-state index contributed by atoms with van der Waals surface area (Å²) >= 11 is 3.50. The second-order valence-electron chi connectivity index (χ2n) is 4.85. The highest BCUT2D eigenvalue weighted by Gasteiger charge is 2.05. The Labute approximate surface area is 133 Å². The average Bonchev–Trinajstić information content (AvgIpc) is 2.46. The van der Waals surface area contributed by atoms with Crippen molar-refractivity contribution in [2.75, 3.05) is 10.6 Å². The molecule has 3 nitrogen and oxygen atoms in total. The Balaban J connectivity index is 2.15. The van der Waals surface area contributed by atoms with E-state index in [-0.39, 0.29) is 5.91 Å². The number of aryl methyl sites for hydroxylation is 1. The van der Waals surface area contributed by atoms with Crippen LogP contribution in [0.15, 0.2) is 46.9 Å². The molecular formula is C17H19BrN2O. The topological polar surface area (TPSA) is 41.1 Å². The molecule has 110 valence electrons. The van der Waals surface area contributed by atoms with Gasteiger partial charge in [0.15, 0.2) is 0 Å². The molecule has 0 saturated heterocycles. The molecule has 0 atom stereocenters. The predicted molar refractivity (Wildman–Crippen MR) is 91.6 cm³/mol. The van der Waals surface area contributed by atoms with E-state index in [1.54, 1.807) is 0 Å². The van der Waals surface area contributed by atoms with Crippen LogP contribution in [0.4, 0.5) is 11.4 Å². The zero-order valence-corrected chi connectivity index (χ0v) is 13.8. The zero-order valence-electron chi connectivity index (χ0n) is 12.2. The van der Waals surface area contributed by atoms with Gasteiger partial charge in [-0.2, -0.15) is 0 Å². The highest BCUT2D eigenvalue weighted by atomic mass is 79.9. The maximum atomic E-state index is 11.2. The smallest absolute Gasteiger partial charge is 0.221 e. The minimum atomic E-state index is -0.0552.